The van der Waals surface area contributed by atoms with Gasteiger partial charge in [-0.1, -0.05) is 30.3 Å². The molecule has 5 rings (SSSR count). The van der Waals surface area contributed by atoms with Crippen molar-refractivity contribution in [1.29, 1.82) is 0 Å². The zero-order valence-electron chi connectivity index (χ0n) is 17.0. The lowest BCUT2D eigenvalue weighted by Crippen LogP contribution is -2.52. The molecule has 3 aliphatic heterocycles. The molecular weight excluding hydrogens is 394 g/mol. The third kappa shape index (κ3) is 3.50. The summed E-state index contributed by atoms with van der Waals surface area (Å²) in [6.07, 6.45) is 1.48. The summed E-state index contributed by atoms with van der Waals surface area (Å²) in [7, 11) is 0. The van der Waals surface area contributed by atoms with Gasteiger partial charge < -0.3 is 9.80 Å². The predicted molar refractivity (Wildman–Crippen MR) is 112 cm³/mol. The van der Waals surface area contributed by atoms with Gasteiger partial charge in [0.05, 0.1) is 0 Å². The lowest BCUT2D eigenvalue weighted by atomic mass is 9.99. The molecule has 4 amide bonds. The number of hydrogen-bond acceptors (Lipinski definition) is 4. The zero-order valence-corrected chi connectivity index (χ0v) is 17.0. The van der Waals surface area contributed by atoms with Crippen molar-refractivity contribution in [3.05, 3.63) is 70.8 Å². The van der Waals surface area contributed by atoms with E-state index in [4.69, 9.17) is 0 Å². The van der Waals surface area contributed by atoms with Crippen LogP contribution in [0.1, 0.15) is 57.0 Å². The average Bonchev–Trinajstić information content (AvgIpc) is 3.39. The smallest absolute Gasteiger partial charge is 0.255 e. The second-order valence-electron chi connectivity index (χ2n) is 8.42. The number of carbonyl (C=O) groups excluding carboxylic acids is 4. The van der Waals surface area contributed by atoms with Gasteiger partial charge in [-0.15, -0.1) is 0 Å². The summed E-state index contributed by atoms with van der Waals surface area (Å²) in [6.45, 7) is 1.66. The molecule has 1 N–H and O–H groups in total. The third-order valence-electron chi connectivity index (χ3n) is 6.52. The first-order valence-corrected chi connectivity index (χ1v) is 10.6. The molecule has 3 aliphatic rings. The molecule has 2 aromatic carbocycles. The highest BCUT2D eigenvalue weighted by Crippen LogP contribution is 2.31. The monoisotopic (exact) mass is 417 g/mol. The summed E-state index contributed by atoms with van der Waals surface area (Å²) in [5, 5.41) is 2.31. The van der Waals surface area contributed by atoms with E-state index in [1.807, 2.05) is 23.1 Å². The Morgan fingerprint density at radius 2 is 1.81 bits per heavy atom. The molecule has 0 bridgehead atoms. The van der Waals surface area contributed by atoms with E-state index >= 15 is 0 Å². The van der Waals surface area contributed by atoms with Gasteiger partial charge in [0.1, 0.15) is 6.04 Å². The molecule has 7 nitrogen and oxygen atoms in total. The Morgan fingerprint density at radius 1 is 1.00 bits per heavy atom. The zero-order chi connectivity index (χ0) is 21.5. The number of imide groups is 1. The van der Waals surface area contributed by atoms with Crippen molar-refractivity contribution >= 4 is 23.6 Å². The van der Waals surface area contributed by atoms with Gasteiger partial charge in [-0.2, -0.15) is 0 Å². The first kappa shape index (κ1) is 19.5. The van der Waals surface area contributed by atoms with Crippen LogP contribution in [0.5, 0.6) is 0 Å². The second-order valence-corrected chi connectivity index (χ2v) is 8.42. The van der Waals surface area contributed by atoms with Crippen molar-refractivity contribution in [3.8, 4) is 0 Å². The number of likely N-dealkylation sites (tertiary alicyclic amines) is 1. The number of nitrogens with one attached hydrogen (secondary N) is 1. The van der Waals surface area contributed by atoms with Crippen LogP contribution in [0, 0.1) is 0 Å². The number of benzene rings is 2. The van der Waals surface area contributed by atoms with Crippen LogP contribution in [0.15, 0.2) is 48.5 Å². The van der Waals surface area contributed by atoms with Gasteiger partial charge in [-0.3, -0.25) is 24.5 Å². The van der Waals surface area contributed by atoms with Crippen LogP contribution in [-0.4, -0.2) is 52.6 Å². The molecule has 2 atom stereocenters. The van der Waals surface area contributed by atoms with Gasteiger partial charge in [-0.25, -0.2) is 0 Å². The maximum atomic E-state index is 13.1. The molecule has 158 valence electrons. The normalized spacial score (nSPS) is 23.2. The number of nitrogens with zero attached hydrogens (tertiary/aromatic N) is 2. The minimum absolute atomic E-state index is 0.0341. The van der Waals surface area contributed by atoms with Crippen LogP contribution in [0.3, 0.4) is 0 Å². The van der Waals surface area contributed by atoms with Gasteiger partial charge in [-0.05, 0) is 42.2 Å². The molecule has 0 aliphatic carbocycles. The largest absolute Gasteiger partial charge is 0.338 e. The van der Waals surface area contributed by atoms with Crippen molar-refractivity contribution in [2.24, 2.45) is 0 Å². The standard InChI is InChI=1S/C24H23N3O4/c28-21-9-8-20(22(29)25-21)27-14-18-12-16(6-7-19(18)24(27)31)23(30)26-11-10-17(13-26)15-4-2-1-3-5-15/h1-7,12,17,20H,8-11,13-14H2,(H,25,28,29)/t17-,20?/m1/s1. The average molecular weight is 417 g/mol. The lowest BCUT2D eigenvalue weighted by Gasteiger charge is -2.29. The Kier molecular flexibility index (Phi) is 4.81. The molecular formula is C24H23N3O4. The molecule has 7 heteroatoms. The number of rotatable bonds is 3. The highest BCUT2D eigenvalue weighted by atomic mass is 16.2. The highest BCUT2D eigenvalue weighted by Gasteiger charge is 2.39. The molecule has 1 unspecified atom stereocenters. The van der Waals surface area contributed by atoms with Crippen molar-refractivity contribution < 1.29 is 19.2 Å². The number of hydrogen-bond donors (Lipinski definition) is 1. The first-order chi connectivity index (χ1) is 15.0. The molecule has 2 fully saturated rings. The van der Waals surface area contributed by atoms with E-state index in [-0.39, 0.29) is 30.7 Å². The molecule has 0 radical (unpaired) electrons. The summed E-state index contributed by atoms with van der Waals surface area (Å²) in [6, 6.07) is 14.7. The SMILES string of the molecule is O=C1CCC(N2Cc3cc(C(=O)N4CC[C@@H](c5ccccc5)C4)ccc3C2=O)C(=O)N1. The summed E-state index contributed by atoms with van der Waals surface area (Å²) in [5.74, 6) is -0.665. The molecule has 2 aromatic rings. The minimum Gasteiger partial charge on any atom is -0.338 e. The maximum Gasteiger partial charge on any atom is 0.255 e. The molecule has 31 heavy (non-hydrogen) atoms. The Balaban J connectivity index is 1.31. The van der Waals surface area contributed by atoms with Crippen molar-refractivity contribution in [2.75, 3.05) is 13.1 Å². The molecule has 0 spiro atoms. The summed E-state index contributed by atoms with van der Waals surface area (Å²) in [5.41, 5.74) is 3.08. The fraction of sp³-hybridized carbons (Fsp3) is 0.333. The van der Waals surface area contributed by atoms with Gasteiger partial charge in [0.15, 0.2) is 0 Å². The van der Waals surface area contributed by atoms with Gasteiger partial charge >= 0.3 is 0 Å². The summed E-state index contributed by atoms with van der Waals surface area (Å²) >= 11 is 0. The number of fused-ring (bicyclic) bond motifs is 1. The lowest BCUT2D eigenvalue weighted by molar-refractivity contribution is -0.136. The van der Waals surface area contributed by atoms with Crippen LogP contribution in [0.4, 0.5) is 0 Å². The minimum atomic E-state index is -0.651. The van der Waals surface area contributed by atoms with Crippen molar-refractivity contribution in [2.45, 2.75) is 37.8 Å². The summed E-state index contributed by atoms with van der Waals surface area (Å²) in [4.78, 5) is 52.9. The van der Waals surface area contributed by atoms with Crippen molar-refractivity contribution in [1.82, 2.24) is 15.1 Å². The number of amides is 4. The van der Waals surface area contributed by atoms with E-state index in [1.54, 1.807) is 18.2 Å². The number of piperidine rings is 1. The molecule has 0 aromatic heterocycles. The molecule has 0 saturated carbocycles. The van der Waals surface area contributed by atoms with E-state index < -0.39 is 11.9 Å². The van der Waals surface area contributed by atoms with Gasteiger partial charge in [0.2, 0.25) is 11.8 Å². The van der Waals surface area contributed by atoms with Crippen LogP contribution >= 0.6 is 0 Å². The Hall–Kier alpha value is -3.48. The van der Waals surface area contributed by atoms with Crippen LogP contribution in [0.2, 0.25) is 0 Å². The van der Waals surface area contributed by atoms with E-state index in [0.29, 0.717) is 36.6 Å². The fourth-order valence-corrected chi connectivity index (χ4v) is 4.83. The first-order valence-electron chi connectivity index (χ1n) is 10.6. The van der Waals surface area contributed by atoms with E-state index in [2.05, 4.69) is 17.4 Å². The van der Waals surface area contributed by atoms with Crippen LogP contribution in [-0.2, 0) is 16.1 Å². The van der Waals surface area contributed by atoms with E-state index in [1.165, 1.54) is 10.5 Å². The van der Waals surface area contributed by atoms with Crippen LogP contribution < -0.4 is 5.32 Å². The Labute approximate surface area is 180 Å². The summed E-state index contributed by atoms with van der Waals surface area (Å²) < 4.78 is 0. The third-order valence-corrected chi connectivity index (χ3v) is 6.52. The predicted octanol–water partition coefficient (Wildman–Crippen LogP) is 2.08. The van der Waals surface area contributed by atoms with Gasteiger partial charge in [0, 0.05) is 43.1 Å². The number of carbonyl (C=O) groups is 4. The maximum absolute atomic E-state index is 13.1. The van der Waals surface area contributed by atoms with E-state index in [0.717, 1.165) is 12.0 Å². The Morgan fingerprint density at radius 3 is 2.58 bits per heavy atom. The second kappa shape index (κ2) is 7.65. The quantitative estimate of drug-likeness (QED) is 0.775. The highest BCUT2D eigenvalue weighted by molar-refractivity contribution is 6.06. The molecule has 2 saturated heterocycles. The van der Waals surface area contributed by atoms with Crippen LogP contribution in [0.25, 0.3) is 0 Å². The van der Waals surface area contributed by atoms with E-state index in [9.17, 15) is 19.2 Å². The topological polar surface area (TPSA) is 86.8 Å². The molecule has 3 heterocycles. The van der Waals surface area contributed by atoms with Crippen molar-refractivity contribution in [3.63, 3.8) is 0 Å². The van der Waals surface area contributed by atoms with Gasteiger partial charge in [0.25, 0.3) is 11.8 Å². The fourth-order valence-electron chi connectivity index (χ4n) is 4.83. The Bertz CT molecular complexity index is 1080.